The van der Waals surface area contributed by atoms with Gasteiger partial charge >= 0.3 is 0 Å². The van der Waals surface area contributed by atoms with Crippen molar-refractivity contribution in [1.82, 2.24) is 14.8 Å². The summed E-state index contributed by atoms with van der Waals surface area (Å²) in [4.78, 5) is 46.6. The van der Waals surface area contributed by atoms with Crippen LogP contribution in [-0.2, 0) is 9.59 Å². The van der Waals surface area contributed by atoms with Crippen molar-refractivity contribution in [3.05, 3.63) is 70.0 Å². The van der Waals surface area contributed by atoms with Crippen LogP contribution >= 0.6 is 0 Å². The lowest BCUT2D eigenvalue weighted by Crippen LogP contribution is -2.48. The summed E-state index contributed by atoms with van der Waals surface area (Å²) in [5.74, 6) is 0.238. The maximum atomic E-state index is 13.2. The van der Waals surface area contributed by atoms with Crippen molar-refractivity contribution in [2.45, 2.75) is 13.3 Å². The zero-order valence-corrected chi connectivity index (χ0v) is 17.2. The molecular formula is C22H23N5O4. The van der Waals surface area contributed by atoms with Gasteiger partial charge in [0.15, 0.2) is 0 Å². The maximum Gasteiger partial charge on any atom is 0.277 e. The second-order valence-electron chi connectivity index (χ2n) is 7.45. The number of imide groups is 1. The Bertz CT molecular complexity index is 1030. The van der Waals surface area contributed by atoms with E-state index in [1.54, 1.807) is 6.20 Å². The molecule has 0 atom stereocenters. The fourth-order valence-corrected chi connectivity index (χ4v) is 3.99. The molecule has 1 fully saturated rings. The number of nitrogens with zero attached hydrogens (tertiary/aromatic N) is 5. The Morgan fingerprint density at radius 2 is 1.65 bits per heavy atom. The summed E-state index contributed by atoms with van der Waals surface area (Å²) in [6.45, 7) is 4.73. The highest BCUT2D eigenvalue weighted by atomic mass is 16.6. The standard InChI is InChI=1S/C22H23N5O4/c1-2-11-26-21(28)19(16-6-8-17(9-7-16)27(30)31)20(22(26)29)25-14-12-24(13-15-25)18-5-3-4-10-23-18/h3-10H,2,11-15H2,1H3. The van der Waals surface area contributed by atoms with Gasteiger partial charge in [-0.05, 0) is 36.2 Å². The Hall–Kier alpha value is -3.75. The van der Waals surface area contributed by atoms with Crippen LogP contribution in [0.15, 0.2) is 54.4 Å². The Morgan fingerprint density at radius 3 is 2.23 bits per heavy atom. The smallest absolute Gasteiger partial charge is 0.277 e. The van der Waals surface area contributed by atoms with Crippen molar-refractivity contribution in [3.63, 3.8) is 0 Å². The number of anilines is 1. The van der Waals surface area contributed by atoms with Crippen LogP contribution in [0.1, 0.15) is 18.9 Å². The van der Waals surface area contributed by atoms with E-state index in [9.17, 15) is 19.7 Å². The van der Waals surface area contributed by atoms with Crippen molar-refractivity contribution in [1.29, 1.82) is 0 Å². The summed E-state index contributed by atoms with van der Waals surface area (Å²) >= 11 is 0. The molecule has 9 nitrogen and oxygen atoms in total. The molecule has 4 rings (SSSR count). The van der Waals surface area contributed by atoms with E-state index in [0.717, 1.165) is 5.82 Å². The van der Waals surface area contributed by atoms with E-state index in [2.05, 4.69) is 9.88 Å². The number of amides is 2. The van der Waals surface area contributed by atoms with E-state index in [1.807, 2.05) is 30.0 Å². The van der Waals surface area contributed by atoms with Crippen LogP contribution in [0.25, 0.3) is 5.57 Å². The molecule has 1 aromatic carbocycles. The minimum Gasteiger partial charge on any atom is -0.363 e. The number of non-ortho nitro benzene ring substituents is 1. The van der Waals surface area contributed by atoms with Crippen LogP contribution in [0.3, 0.4) is 0 Å². The molecule has 2 amide bonds. The number of hydrogen-bond donors (Lipinski definition) is 0. The monoisotopic (exact) mass is 421 g/mol. The highest BCUT2D eigenvalue weighted by Crippen LogP contribution is 2.33. The first-order valence-electron chi connectivity index (χ1n) is 10.3. The molecule has 0 bridgehead atoms. The molecular weight excluding hydrogens is 398 g/mol. The third kappa shape index (κ3) is 3.86. The predicted molar refractivity (Wildman–Crippen MR) is 115 cm³/mol. The molecule has 1 saturated heterocycles. The molecule has 160 valence electrons. The number of pyridine rings is 1. The minimum absolute atomic E-state index is 0.0583. The Labute approximate surface area is 179 Å². The molecule has 0 unspecified atom stereocenters. The number of nitro groups is 1. The number of piperazine rings is 1. The van der Waals surface area contributed by atoms with Crippen LogP contribution in [0, 0.1) is 10.1 Å². The van der Waals surface area contributed by atoms with Crippen LogP contribution < -0.4 is 4.90 Å². The lowest BCUT2D eigenvalue weighted by atomic mass is 10.0. The van der Waals surface area contributed by atoms with Gasteiger partial charge in [0.1, 0.15) is 11.5 Å². The summed E-state index contributed by atoms with van der Waals surface area (Å²) in [6, 6.07) is 11.6. The largest absolute Gasteiger partial charge is 0.363 e. The van der Waals surface area contributed by atoms with Crippen LogP contribution in [0.2, 0.25) is 0 Å². The number of aromatic nitrogens is 1. The quantitative estimate of drug-likeness (QED) is 0.401. The molecule has 31 heavy (non-hydrogen) atoms. The average Bonchev–Trinajstić information content (AvgIpc) is 3.05. The number of rotatable bonds is 6. The van der Waals surface area contributed by atoms with E-state index >= 15 is 0 Å². The Kier molecular flexibility index (Phi) is 5.66. The molecule has 3 heterocycles. The maximum absolute atomic E-state index is 13.2. The van der Waals surface area contributed by atoms with E-state index < -0.39 is 4.92 Å². The van der Waals surface area contributed by atoms with Crippen molar-refractivity contribution in [2.75, 3.05) is 37.6 Å². The molecule has 0 radical (unpaired) electrons. The Morgan fingerprint density at radius 1 is 0.968 bits per heavy atom. The fourth-order valence-electron chi connectivity index (χ4n) is 3.99. The first kappa shape index (κ1) is 20.5. The molecule has 0 spiro atoms. The van der Waals surface area contributed by atoms with E-state index in [-0.39, 0.29) is 17.5 Å². The third-order valence-electron chi connectivity index (χ3n) is 5.53. The van der Waals surface area contributed by atoms with Gasteiger partial charge in [-0.3, -0.25) is 24.6 Å². The van der Waals surface area contributed by atoms with Crippen LogP contribution in [0.4, 0.5) is 11.5 Å². The van der Waals surface area contributed by atoms with E-state index in [0.29, 0.717) is 56.0 Å². The predicted octanol–water partition coefficient (Wildman–Crippen LogP) is 2.30. The molecule has 2 aromatic rings. The first-order chi connectivity index (χ1) is 15.0. The minimum atomic E-state index is -0.485. The number of carbonyl (C=O) groups is 2. The second-order valence-corrected chi connectivity index (χ2v) is 7.45. The van der Waals surface area contributed by atoms with E-state index in [1.165, 1.54) is 29.2 Å². The normalized spacial score (nSPS) is 17.0. The highest BCUT2D eigenvalue weighted by molar-refractivity contribution is 6.35. The lowest BCUT2D eigenvalue weighted by Gasteiger charge is -2.37. The molecule has 0 aliphatic carbocycles. The van der Waals surface area contributed by atoms with E-state index in [4.69, 9.17) is 0 Å². The van der Waals surface area contributed by atoms with Gasteiger partial charge in [0.25, 0.3) is 17.5 Å². The summed E-state index contributed by atoms with van der Waals surface area (Å²) in [5.41, 5.74) is 1.16. The fraction of sp³-hybridized carbons (Fsp3) is 0.318. The summed E-state index contributed by atoms with van der Waals surface area (Å²) in [6.07, 6.45) is 2.41. The molecule has 0 saturated carbocycles. The van der Waals surface area contributed by atoms with Gasteiger partial charge in [-0.1, -0.05) is 13.0 Å². The highest BCUT2D eigenvalue weighted by Gasteiger charge is 2.41. The van der Waals surface area contributed by atoms with Crippen molar-refractivity contribution < 1.29 is 14.5 Å². The number of benzene rings is 1. The third-order valence-corrected chi connectivity index (χ3v) is 5.53. The van der Waals surface area contributed by atoms with Crippen molar-refractivity contribution >= 4 is 28.9 Å². The average molecular weight is 421 g/mol. The summed E-state index contributed by atoms with van der Waals surface area (Å²) < 4.78 is 0. The van der Waals surface area contributed by atoms with Gasteiger partial charge in [-0.15, -0.1) is 0 Å². The van der Waals surface area contributed by atoms with Crippen LogP contribution in [-0.4, -0.2) is 64.2 Å². The van der Waals surface area contributed by atoms with Crippen molar-refractivity contribution in [2.24, 2.45) is 0 Å². The van der Waals surface area contributed by atoms with Gasteiger partial charge in [-0.2, -0.15) is 0 Å². The first-order valence-corrected chi connectivity index (χ1v) is 10.3. The Balaban J connectivity index is 1.65. The molecule has 9 heteroatoms. The SMILES string of the molecule is CCCN1C(=O)C(c2ccc([N+](=O)[O-])cc2)=C(N2CCN(c3ccccn3)CC2)C1=O. The molecule has 2 aliphatic rings. The van der Waals surface area contributed by atoms with Crippen LogP contribution in [0.5, 0.6) is 0 Å². The lowest BCUT2D eigenvalue weighted by molar-refractivity contribution is -0.384. The zero-order chi connectivity index (χ0) is 22.0. The van der Waals surface area contributed by atoms with Gasteiger partial charge < -0.3 is 9.80 Å². The second kappa shape index (κ2) is 8.55. The van der Waals surface area contributed by atoms with Gasteiger partial charge in [-0.25, -0.2) is 4.98 Å². The van der Waals surface area contributed by atoms with Gasteiger partial charge in [0, 0.05) is 51.1 Å². The molecule has 0 N–H and O–H groups in total. The zero-order valence-electron chi connectivity index (χ0n) is 17.2. The van der Waals surface area contributed by atoms with Gasteiger partial charge in [0.05, 0.1) is 10.5 Å². The topological polar surface area (TPSA) is 99.9 Å². The molecule has 2 aliphatic heterocycles. The number of carbonyl (C=O) groups excluding carboxylic acids is 2. The summed E-state index contributed by atoms with van der Waals surface area (Å²) in [5, 5.41) is 11.0. The van der Waals surface area contributed by atoms with Crippen molar-refractivity contribution in [3.8, 4) is 0 Å². The molecule has 1 aromatic heterocycles. The summed E-state index contributed by atoms with van der Waals surface area (Å²) in [7, 11) is 0. The van der Waals surface area contributed by atoms with Gasteiger partial charge in [0.2, 0.25) is 0 Å². The number of nitro benzene ring substituents is 1. The number of hydrogen-bond acceptors (Lipinski definition) is 7.